The largest absolute Gasteiger partial charge is 0.449 e. The number of ether oxygens (including phenoxy) is 2. The number of hydrogen-bond acceptors (Lipinski definition) is 7. The molecule has 3 atom stereocenters. The van der Waals surface area contributed by atoms with E-state index in [0.29, 0.717) is 18.5 Å². The molecule has 0 radical (unpaired) electrons. The van der Waals surface area contributed by atoms with Crippen LogP contribution in [-0.2, 0) is 30.3 Å². The molecule has 0 fully saturated rings. The van der Waals surface area contributed by atoms with E-state index < -0.39 is 42.1 Å². The monoisotopic (exact) mass is 657 g/mol. The molecule has 48 heavy (non-hydrogen) atoms. The van der Waals surface area contributed by atoms with Crippen molar-refractivity contribution in [1.29, 1.82) is 0 Å². The Morgan fingerprint density at radius 3 is 2.06 bits per heavy atom. The molecule has 1 aliphatic carbocycles. The summed E-state index contributed by atoms with van der Waals surface area (Å²) < 4.78 is 10.8. The predicted octanol–water partition coefficient (Wildman–Crippen LogP) is 3.88. The van der Waals surface area contributed by atoms with Crippen molar-refractivity contribution in [3.05, 3.63) is 89.5 Å². The minimum Gasteiger partial charge on any atom is -0.449 e. The smallest absolute Gasteiger partial charge is 0.407 e. The van der Waals surface area contributed by atoms with Crippen LogP contribution in [-0.4, -0.2) is 68.7 Å². The number of nitrogens with one attached hydrogen (secondary N) is 4. The number of nitrogens with two attached hydrogens (primary N) is 1. The van der Waals surface area contributed by atoms with Gasteiger partial charge in [-0.1, -0.05) is 74.5 Å². The van der Waals surface area contributed by atoms with Gasteiger partial charge in [0.15, 0.2) is 0 Å². The number of benzene rings is 3. The highest BCUT2D eigenvalue weighted by atomic mass is 16.5. The number of methoxy groups -OCH3 is 1. The van der Waals surface area contributed by atoms with Crippen molar-refractivity contribution in [2.45, 2.75) is 57.2 Å². The average Bonchev–Trinajstić information content (AvgIpc) is 3.40. The van der Waals surface area contributed by atoms with E-state index in [1.807, 2.05) is 48.5 Å². The minimum atomic E-state index is -0.995. The summed E-state index contributed by atoms with van der Waals surface area (Å²) in [4.78, 5) is 62.2. The Labute approximate surface area is 280 Å². The van der Waals surface area contributed by atoms with E-state index in [4.69, 9.17) is 15.2 Å². The van der Waals surface area contributed by atoms with E-state index in [-0.39, 0.29) is 31.4 Å². The van der Waals surface area contributed by atoms with E-state index in [2.05, 4.69) is 21.3 Å². The first-order valence-electron chi connectivity index (χ1n) is 15.9. The van der Waals surface area contributed by atoms with Crippen LogP contribution in [0.4, 0.5) is 15.3 Å². The molecule has 0 aliphatic heterocycles. The fourth-order valence-corrected chi connectivity index (χ4v) is 5.72. The topological polar surface area (TPSA) is 178 Å². The number of fused-ring (bicyclic) bond motifs is 3. The van der Waals surface area contributed by atoms with Gasteiger partial charge in [0.05, 0.1) is 0 Å². The number of rotatable bonds is 16. The van der Waals surface area contributed by atoms with Gasteiger partial charge in [0.1, 0.15) is 31.1 Å². The number of alkyl carbamates (subject to hydrolysis) is 1. The Morgan fingerprint density at radius 2 is 1.50 bits per heavy atom. The Bertz CT molecular complexity index is 1550. The molecule has 5 amide bonds. The lowest BCUT2D eigenvalue weighted by molar-refractivity contribution is -0.128. The summed E-state index contributed by atoms with van der Waals surface area (Å²) >= 11 is 0. The van der Waals surface area contributed by atoms with Crippen molar-refractivity contribution in [1.82, 2.24) is 16.0 Å². The number of urea groups is 1. The third-order valence-electron chi connectivity index (χ3n) is 8.28. The van der Waals surface area contributed by atoms with E-state index in [9.17, 15) is 24.0 Å². The molecule has 6 N–H and O–H groups in total. The number of carbonyl (C=O) groups excluding carboxylic acids is 5. The summed E-state index contributed by atoms with van der Waals surface area (Å²) in [5.74, 6) is -1.52. The van der Waals surface area contributed by atoms with Gasteiger partial charge in [-0.3, -0.25) is 9.59 Å². The van der Waals surface area contributed by atoms with Gasteiger partial charge in [0, 0.05) is 31.7 Å². The predicted molar refractivity (Wildman–Crippen MR) is 181 cm³/mol. The normalized spacial score (nSPS) is 13.8. The average molecular weight is 658 g/mol. The SMILES string of the molecule is CO[C@H](C=O)Cc1ccc(NC(=O)[C@H](CCCNC(N)=O)NC(=O)[C@@H](NC(=O)OCC2c3ccccc3-c3ccccc32)C(C)C)cc1. The number of hydrogen-bond donors (Lipinski definition) is 5. The Kier molecular flexibility index (Phi) is 12.7. The number of aldehydes is 1. The maximum absolute atomic E-state index is 13.5. The van der Waals surface area contributed by atoms with E-state index in [1.54, 1.807) is 38.1 Å². The second-order valence-corrected chi connectivity index (χ2v) is 12.0. The fraction of sp³-hybridized carbons (Fsp3) is 0.361. The zero-order chi connectivity index (χ0) is 34.6. The molecule has 0 saturated carbocycles. The van der Waals surface area contributed by atoms with E-state index in [0.717, 1.165) is 34.1 Å². The molecule has 254 valence electrons. The van der Waals surface area contributed by atoms with Crippen molar-refractivity contribution >= 4 is 35.9 Å². The standard InChI is InChI=1S/C36H43N5O7/c1-22(2)32(41-36(46)48-21-30-28-11-6-4-9-26(28)27-10-5-7-12-29(27)30)34(44)40-31(13-8-18-38-35(37)45)33(43)39-24-16-14-23(15-17-24)19-25(20-42)47-3/h4-7,9-12,14-17,20,22,25,30-32H,8,13,18-19,21H2,1-3H3,(H,39,43)(H,40,44)(H,41,46)(H3,37,38,45)/t25-,31-,32-/m0/s1. The lowest BCUT2D eigenvalue weighted by Crippen LogP contribution is -2.54. The molecule has 4 rings (SSSR count). The molecule has 3 aromatic rings. The van der Waals surface area contributed by atoms with Gasteiger partial charge in [0.2, 0.25) is 11.8 Å². The zero-order valence-electron chi connectivity index (χ0n) is 27.4. The van der Waals surface area contributed by atoms with Crippen LogP contribution in [0.15, 0.2) is 72.8 Å². The van der Waals surface area contributed by atoms with Crippen LogP contribution in [0.25, 0.3) is 11.1 Å². The summed E-state index contributed by atoms with van der Waals surface area (Å²) in [6.45, 7) is 3.84. The maximum Gasteiger partial charge on any atom is 0.407 e. The highest BCUT2D eigenvalue weighted by molar-refractivity contribution is 5.98. The first-order chi connectivity index (χ1) is 23.1. The van der Waals surface area contributed by atoms with Crippen LogP contribution in [0.3, 0.4) is 0 Å². The van der Waals surface area contributed by atoms with Crippen molar-refractivity contribution in [2.75, 3.05) is 25.6 Å². The Hall–Kier alpha value is -5.23. The van der Waals surface area contributed by atoms with Gasteiger partial charge in [-0.2, -0.15) is 0 Å². The van der Waals surface area contributed by atoms with Crippen molar-refractivity contribution < 1.29 is 33.4 Å². The molecule has 0 spiro atoms. The van der Waals surface area contributed by atoms with Gasteiger partial charge in [-0.05, 0) is 58.7 Å². The third-order valence-corrected chi connectivity index (χ3v) is 8.28. The summed E-state index contributed by atoms with van der Waals surface area (Å²) in [7, 11) is 1.46. The van der Waals surface area contributed by atoms with Crippen molar-refractivity contribution in [3.8, 4) is 11.1 Å². The number of carbonyl (C=O) groups is 5. The third kappa shape index (κ3) is 9.41. The number of amides is 5. The molecule has 0 aromatic heterocycles. The molecule has 1 aliphatic rings. The molecule has 12 nitrogen and oxygen atoms in total. The zero-order valence-corrected chi connectivity index (χ0v) is 27.4. The second-order valence-electron chi connectivity index (χ2n) is 12.0. The minimum absolute atomic E-state index is 0.0875. The highest BCUT2D eigenvalue weighted by Crippen LogP contribution is 2.44. The van der Waals surface area contributed by atoms with Gasteiger partial charge >= 0.3 is 12.1 Å². The summed E-state index contributed by atoms with van der Waals surface area (Å²) in [6.07, 6.45) is 0.310. The molecule has 0 bridgehead atoms. The molecular weight excluding hydrogens is 614 g/mol. The van der Waals surface area contributed by atoms with Crippen molar-refractivity contribution in [2.24, 2.45) is 11.7 Å². The molecule has 0 unspecified atom stereocenters. The first kappa shape index (κ1) is 35.6. The molecule has 12 heteroatoms. The molecule has 0 saturated heterocycles. The lowest BCUT2D eigenvalue weighted by atomic mass is 9.98. The van der Waals surface area contributed by atoms with Crippen molar-refractivity contribution in [3.63, 3.8) is 0 Å². The van der Waals surface area contributed by atoms with Crippen LogP contribution in [0.5, 0.6) is 0 Å². The van der Waals surface area contributed by atoms with Gasteiger partial charge in [0.25, 0.3) is 0 Å². The molecule has 3 aromatic carbocycles. The van der Waals surface area contributed by atoms with Crippen LogP contribution in [0, 0.1) is 5.92 Å². The lowest BCUT2D eigenvalue weighted by Gasteiger charge is -2.25. The van der Waals surface area contributed by atoms with Crippen LogP contribution < -0.4 is 27.0 Å². The Balaban J connectivity index is 1.39. The second kappa shape index (κ2) is 17.1. The van der Waals surface area contributed by atoms with Crippen LogP contribution in [0.1, 0.15) is 49.3 Å². The number of anilines is 1. The maximum atomic E-state index is 13.5. The van der Waals surface area contributed by atoms with Gasteiger partial charge < -0.3 is 41.3 Å². The fourth-order valence-electron chi connectivity index (χ4n) is 5.72. The number of primary amides is 1. The van der Waals surface area contributed by atoms with E-state index in [1.165, 1.54) is 7.11 Å². The molecular formula is C36H43N5O7. The van der Waals surface area contributed by atoms with Gasteiger partial charge in [-0.25, -0.2) is 9.59 Å². The molecule has 0 heterocycles. The first-order valence-corrected chi connectivity index (χ1v) is 15.9. The summed E-state index contributed by atoms with van der Waals surface area (Å²) in [5, 5.41) is 10.7. The van der Waals surface area contributed by atoms with Crippen LogP contribution in [0.2, 0.25) is 0 Å². The summed E-state index contributed by atoms with van der Waals surface area (Å²) in [5.41, 5.74) is 10.8. The summed E-state index contributed by atoms with van der Waals surface area (Å²) in [6, 6.07) is 20.2. The van der Waals surface area contributed by atoms with E-state index >= 15 is 0 Å². The van der Waals surface area contributed by atoms with Gasteiger partial charge in [-0.15, -0.1) is 0 Å². The quantitative estimate of drug-likeness (QED) is 0.115. The Morgan fingerprint density at radius 1 is 0.875 bits per heavy atom. The highest BCUT2D eigenvalue weighted by Gasteiger charge is 2.32. The van der Waals surface area contributed by atoms with Crippen LogP contribution >= 0.6 is 0 Å².